The Morgan fingerprint density at radius 3 is 1.64 bits per heavy atom. The third-order valence-electron chi connectivity index (χ3n) is 4.02. The second kappa shape index (κ2) is 2.48. The van der Waals surface area contributed by atoms with Crippen LogP contribution in [0.2, 0.25) is 0 Å². The number of rotatable bonds is 2. The third kappa shape index (κ3) is 1.10. The van der Waals surface area contributed by atoms with Crippen LogP contribution in [0.4, 0.5) is 0 Å². The minimum atomic E-state index is 0.480. The van der Waals surface area contributed by atoms with Crippen LogP contribution in [0.3, 0.4) is 0 Å². The molecule has 0 N–H and O–H groups in total. The van der Waals surface area contributed by atoms with Gasteiger partial charge in [-0.15, -0.1) is 0 Å². The molecule has 0 aromatic rings. The van der Waals surface area contributed by atoms with Gasteiger partial charge in [-0.25, -0.2) is 0 Å². The molecule has 0 amide bonds. The average molecular weight is 155 g/mol. The summed E-state index contributed by atoms with van der Waals surface area (Å²) in [6, 6.07) is 0.674. The van der Waals surface area contributed by atoms with Crippen molar-refractivity contribution in [3.8, 4) is 0 Å². The second-order valence-corrected chi connectivity index (χ2v) is 4.51. The van der Waals surface area contributed by atoms with Crippen LogP contribution < -0.4 is 0 Å². The quantitative estimate of drug-likeness (QED) is 0.592. The summed E-state index contributed by atoms with van der Waals surface area (Å²) in [6.45, 7) is 11.6. The standard InChI is InChI=1S/C10H21N/c1-7(2)11(6)10(5)8(3)9(10)4/h7-9H,1-6H3. The highest BCUT2D eigenvalue weighted by atomic mass is 15.2. The van der Waals surface area contributed by atoms with Crippen LogP contribution in [0.1, 0.15) is 34.6 Å². The summed E-state index contributed by atoms with van der Waals surface area (Å²) in [5, 5.41) is 0. The fourth-order valence-corrected chi connectivity index (χ4v) is 2.16. The zero-order chi connectivity index (χ0) is 8.81. The minimum Gasteiger partial charge on any atom is -0.298 e. The van der Waals surface area contributed by atoms with Crippen molar-refractivity contribution in [3.05, 3.63) is 0 Å². The largest absolute Gasteiger partial charge is 0.298 e. The van der Waals surface area contributed by atoms with Gasteiger partial charge in [0.05, 0.1) is 0 Å². The molecule has 1 saturated carbocycles. The van der Waals surface area contributed by atoms with Crippen molar-refractivity contribution in [2.45, 2.75) is 46.2 Å². The van der Waals surface area contributed by atoms with Gasteiger partial charge < -0.3 is 0 Å². The van der Waals surface area contributed by atoms with Gasteiger partial charge in [0.1, 0.15) is 0 Å². The van der Waals surface area contributed by atoms with Crippen molar-refractivity contribution in [1.82, 2.24) is 4.90 Å². The maximum absolute atomic E-state index is 2.50. The molecule has 1 heteroatoms. The molecule has 0 spiro atoms. The maximum atomic E-state index is 2.50. The van der Waals surface area contributed by atoms with Gasteiger partial charge in [-0.3, -0.25) is 4.90 Å². The lowest BCUT2D eigenvalue weighted by Crippen LogP contribution is -2.39. The first-order valence-corrected chi connectivity index (χ1v) is 4.65. The van der Waals surface area contributed by atoms with Crippen LogP contribution >= 0.6 is 0 Å². The number of hydrogen-bond acceptors (Lipinski definition) is 1. The average Bonchev–Trinajstić information content (AvgIpc) is 2.41. The van der Waals surface area contributed by atoms with Gasteiger partial charge in [0, 0.05) is 11.6 Å². The van der Waals surface area contributed by atoms with E-state index >= 15 is 0 Å². The molecular weight excluding hydrogens is 134 g/mol. The van der Waals surface area contributed by atoms with Crippen molar-refractivity contribution in [3.63, 3.8) is 0 Å². The van der Waals surface area contributed by atoms with E-state index in [1.165, 1.54) is 0 Å². The summed E-state index contributed by atoms with van der Waals surface area (Å²) in [4.78, 5) is 2.50. The zero-order valence-electron chi connectivity index (χ0n) is 8.68. The van der Waals surface area contributed by atoms with Crippen molar-refractivity contribution in [2.24, 2.45) is 11.8 Å². The van der Waals surface area contributed by atoms with Crippen LogP contribution in [0.25, 0.3) is 0 Å². The molecule has 1 nitrogen and oxygen atoms in total. The van der Waals surface area contributed by atoms with E-state index in [9.17, 15) is 0 Å². The molecule has 0 bridgehead atoms. The van der Waals surface area contributed by atoms with Gasteiger partial charge >= 0.3 is 0 Å². The Hall–Kier alpha value is -0.0400. The van der Waals surface area contributed by atoms with E-state index in [4.69, 9.17) is 0 Å². The molecule has 0 saturated heterocycles. The molecule has 0 heterocycles. The molecule has 1 aliphatic carbocycles. The van der Waals surface area contributed by atoms with Crippen molar-refractivity contribution in [1.29, 1.82) is 0 Å². The molecule has 2 atom stereocenters. The van der Waals surface area contributed by atoms with Gasteiger partial charge in [0.2, 0.25) is 0 Å². The predicted octanol–water partition coefficient (Wildman–Crippen LogP) is 2.37. The van der Waals surface area contributed by atoms with Crippen LogP contribution in [0, 0.1) is 11.8 Å². The number of nitrogens with zero attached hydrogens (tertiary/aromatic N) is 1. The van der Waals surface area contributed by atoms with Crippen molar-refractivity contribution in [2.75, 3.05) is 7.05 Å². The van der Waals surface area contributed by atoms with Crippen molar-refractivity contribution >= 4 is 0 Å². The molecule has 2 unspecified atom stereocenters. The molecule has 0 aliphatic heterocycles. The van der Waals surface area contributed by atoms with Crippen LogP contribution in [0.15, 0.2) is 0 Å². The Labute approximate surface area is 70.8 Å². The highest BCUT2D eigenvalue weighted by molar-refractivity contribution is 5.11. The summed E-state index contributed by atoms with van der Waals surface area (Å²) in [5.41, 5.74) is 0.480. The Bertz CT molecular complexity index is 143. The second-order valence-electron chi connectivity index (χ2n) is 4.51. The molecule has 0 aromatic carbocycles. The van der Waals surface area contributed by atoms with Gasteiger partial charge in [0.25, 0.3) is 0 Å². The van der Waals surface area contributed by atoms with Gasteiger partial charge in [0.15, 0.2) is 0 Å². The SMILES string of the molecule is CC(C)N(C)C1(C)C(C)C1C. The molecule has 0 aromatic heterocycles. The van der Waals surface area contributed by atoms with Gasteiger partial charge in [-0.05, 0) is 39.7 Å². The van der Waals surface area contributed by atoms with E-state index in [0.717, 1.165) is 11.8 Å². The highest BCUT2D eigenvalue weighted by Gasteiger charge is 2.58. The first kappa shape index (κ1) is 9.05. The molecule has 1 rings (SSSR count). The Morgan fingerprint density at radius 2 is 1.55 bits per heavy atom. The lowest BCUT2D eigenvalue weighted by Gasteiger charge is -2.30. The maximum Gasteiger partial charge on any atom is 0.0238 e. The Morgan fingerprint density at radius 1 is 1.18 bits per heavy atom. The van der Waals surface area contributed by atoms with Crippen LogP contribution in [0.5, 0.6) is 0 Å². The van der Waals surface area contributed by atoms with E-state index in [1.807, 2.05) is 0 Å². The topological polar surface area (TPSA) is 3.24 Å². The summed E-state index contributed by atoms with van der Waals surface area (Å²) in [6.07, 6.45) is 0. The van der Waals surface area contributed by atoms with E-state index in [0.29, 0.717) is 11.6 Å². The third-order valence-corrected chi connectivity index (χ3v) is 4.02. The van der Waals surface area contributed by atoms with Crippen molar-refractivity contribution < 1.29 is 0 Å². The Kier molecular flexibility index (Phi) is 2.04. The first-order valence-electron chi connectivity index (χ1n) is 4.65. The summed E-state index contributed by atoms with van der Waals surface area (Å²) in [5.74, 6) is 1.74. The summed E-state index contributed by atoms with van der Waals surface area (Å²) < 4.78 is 0. The molecule has 66 valence electrons. The number of hydrogen-bond donors (Lipinski definition) is 0. The monoisotopic (exact) mass is 155 g/mol. The smallest absolute Gasteiger partial charge is 0.0238 e. The fourth-order valence-electron chi connectivity index (χ4n) is 2.16. The minimum absolute atomic E-state index is 0.480. The summed E-state index contributed by atoms with van der Waals surface area (Å²) in [7, 11) is 2.24. The van der Waals surface area contributed by atoms with E-state index in [-0.39, 0.29) is 0 Å². The van der Waals surface area contributed by atoms with Crippen LogP contribution in [-0.2, 0) is 0 Å². The van der Waals surface area contributed by atoms with E-state index in [1.54, 1.807) is 0 Å². The fraction of sp³-hybridized carbons (Fsp3) is 1.00. The molecule has 0 radical (unpaired) electrons. The van der Waals surface area contributed by atoms with E-state index < -0.39 is 0 Å². The summed E-state index contributed by atoms with van der Waals surface area (Å²) >= 11 is 0. The first-order chi connectivity index (χ1) is 4.92. The Balaban J connectivity index is 2.62. The molecule has 1 aliphatic rings. The lowest BCUT2D eigenvalue weighted by molar-refractivity contribution is 0.169. The normalized spacial score (nSPS) is 43.6. The van der Waals surface area contributed by atoms with Gasteiger partial charge in [-0.1, -0.05) is 13.8 Å². The molecule has 11 heavy (non-hydrogen) atoms. The zero-order valence-corrected chi connectivity index (χ0v) is 8.68. The predicted molar refractivity (Wildman–Crippen MR) is 49.6 cm³/mol. The molecular formula is C10H21N. The lowest BCUT2D eigenvalue weighted by atomic mass is 10.1. The highest BCUT2D eigenvalue weighted by Crippen LogP contribution is 2.53. The van der Waals surface area contributed by atoms with Crippen LogP contribution in [-0.4, -0.2) is 23.5 Å². The van der Waals surface area contributed by atoms with Gasteiger partial charge in [-0.2, -0.15) is 0 Å². The van der Waals surface area contributed by atoms with E-state index in [2.05, 4.69) is 46.6 Å². The molecule has 1 fully saturated rings.